The second-order valence-corrected chi connectivity index (χ2v) is 6.43. The van der Waals surface area contributed by atoms with Crippen molar-refractivity contribution in [2.75, 3.05) is 13.2 Å². The number of esters is 1. The first-order chi connectivity index (χ1) is 12.4. The molecule has 0 aliphatic carbocycles. The minimum atomic E-state index is -0.445. The number of carbonyl (C=O) groups excluding carboxylic acids is 2. The molecule has 1 amide bonds. The van der Waals surface area contributed by atoms with Crippen LogP contribution in [-0.4, -0.2) is 34.9 Å². The number of hydrogen-bond acceptors (Lipinski definition) is 4. The van der Waals surface area contributed by atoms with Crippen molar-refractivity contribution in [3.8, 4) is 0 Å². The third kappa shape index (κ3) is 4.74. The van der Waals surface area contributed by atoms with E-state index in [1.165, 1.54) is 0 Å². The van der Waals surface area contributed by atoms with Crippen LogP contribution >= 0.6 is 23.2 Å². The van der Waals surface area contributed by atoms with Crippen LogP contribution in [0.1, 0.15) is 46.0 Å². The van der Waals surface area contributed by atoms with Gasteiger partial charge in [0, 0.05) is 13.1 Å². The highest BCUT2D eigenvalue weighted by Gasteiger charge is 2.19. The van der Waals surface area contributed by atoms with Gasteiger partial charge in [-0.3, -0.25) is 4.79 Å². The molecule has 0 unspecified atom stereocenters. The average Bonchev–Trinajstić information content (AvgIpc) is 2.62. The number of halogens is 2. The molecular formula is C19H20Cl2N2O3. The lowest BCUT2D eigenvalue weighted by Crippen LogP contribution is -2.31. The summed E-state index contributed by atoms with van der Waals surface area (Å²) >= 11 is 12.0. The summed E-state index contributed by atoms with van der Waals surface area (Å²) in [4.78, 5) is 30.6. The van der Waals surface area contributed by atoms with Gasteiger partial charge in [-0.2, -0.15) is 0 Å². The maximum atomic E-state index is 12.8. The van der Waals surface area contributed by atoms with Crippen molar-refractivity contribution in [3.05, 3.63) is 62.9 Å². The third-order valence-corrected chi connectivity index (χ3v) is 4.57. The Morgan fingerprint density at radius 1 is 1.12 bits per heavy atom. The maximum Gasteiger partial charge on any atom is 0.339 e. The fraction of sp³-hybridized carbons (Fsp3) is 0.316. The molecule has 2 rings (SSSR count). The second kappa shape index (κ2) is 9.01. The van der Waals surface area contributed by atoms with Gasteiger partial charge in [0.05, 0.1) is 27.9 Å². The number of ether oxygens (including phenoxy) is 1. The zero-order valence-corrected chi connectivity index (χ0v) is 16.4. The van der Waals surface area contributed by atoms with Gasteiger partial charge < -0.3 is 9.64 Å². The number of carbonyl (C=O) groups is 2. The van der Waals surface area contributed by atoms with E-state index in [4.69, 9.17) is 27.9 Å². The summed E-state index contributed by atoms with van der Waals surface area (Å²) in [6, 6.07) is 8.38. The summed E-state index contributed by atoms with van der Waals surface area (Å²) in [6.45, 7) is 6.46. The molecule has 0 aliphatic heterocycles. The van der Waals surface area contributed by atoms with Gasteiger partial charge in [0.15, 0.2) is 0 Å². The van der Waals surface area contributed by atoms with Gasteiger partial charge in [0.25, 0.3) is 5.91 Å². The molecule has 0 N–H and O–H groups in total. The fourth-order valence-corrected chi connectivity index (χ4v) is 2.77. The SMILES string of the molecule is CCOC(=O)c1ccc(C(=O)N(CC)Cc2ccc(Cl)c(Cl)c2)nc1C. The molecule has 1 aromatic heterocycles. The Kier molecular flexibility index (Phi) is 7.00. The molecule has 0 atom stereocenters. The van der Waals surface area contributed by atoms with E-state index >= 15 is 0 Å². The van der Waals surface area contributed by atoms with Crippen molar-refractivity contribution in [3.63, 3.8) is 0 Å². The number of aromatic nitrogens is 1. The Labute approximate surface area is 162 Å². The van der Waals surface area contributed by atoms with Gasteiger partial charge in [-0.05, 0) is 50.6 Å². The van der Waals surface area contributed by atoms with E-state index in [1.54, 1.807) is 43.0 Å². The maximum absolute atomic E-state index is 12.8. The van der Waals surface area contributed by atoms with Crippen molar-refractivity contribution in [2.45, 2.75) is 27.3 Å². The van der Waals surface area contributed by atoms with E-state index in [2.05, 4.69) is 4.98 Å². The Bertz CT molecular complexity index is 824. The van der Waals surface area contributed by atoms with Gasteiger partial charge in [-0.15, -0.1) is 0 Å². The standard InChI is InChI=1S/C19H20Cl2N2O3/c1-4-23(11-13-6-8-15(20)16(21)10-13)18(24)17-9-7-14(12(3)22-17)19(25)26-5-2/h6-10H,4-5,11H2,1-3H3. The number of aryl methyl sites for hydroxylation is 1. The predicted molar refractivity (Wildman–Crippen MR) is 102 cm³/mol. The van der Waals surface area contributed by atoms with E-state index in [1.807, 2.05) is 13.0 Å². The summed E-state index contributed by atoms with van der Waals surface area (Å²) in [5, 5.41) is 0.914. The zero-order valence-electron chi connectivity index (χ0n) is 14.9. The summed E-state index contributed by atoms with van der Waals surface area (Å²) in [5.74, 6) is -0.670. The molecule has 0 saturated heterocycles. The molecular weight excluding hydrogens is 375 g/mol. The number of nitrogens with zero attached hydrogens (tertiary/aromatic N) is 2. The number of amides is 1. The van der Waals surface area contributed by atoms with Gasteiger partial charge in [-0.25, -0.2) is 9.78 Å². The van der Waals surface area contributed by atoms with Gasteiger partial charge >= 0.3 is 5.97 Å². The highest BCUT2D eigenvalue weighted by Crippen LogP contribution is 2.23. The van der Waals surface area contributed by atoms with Crippen LogP contribution in [0, 0.1) is 6.92 Å². The zero-order chi connectivity index (χ0) is 19.3. The van der Waals surface area contributed by atoms with Crippen LogP contribution in [0.15, 0.2) is 30.3 Å². The van der Waals surface area contributed by atoms with Crippen LogP contribution in [-0.2, 0) is 11.3 Å². The minimum absolute atomic E-state index is 0.225. The molecule has 0 fully saturated rings. The summed E-state index contributed by atoms with van der Waals surface area (Å²) < 4.78 is 4.98. The number of hydrogen-bond donors (Lipinski definition) is 0. The highest BCUT2D eigenvalue weighted by atomic mass is 35.5. The third-order valence-electron chi connectivity index (χ3n) is 3.83. The average molecular weight is 395 g/mol. The quantitative estimate of drug-likeness (QED) is 0.674. The Hall–Kier alpha value is -2.11. The number of rotatable bonds is 6. The molecule has 138 valence electrons. The van der Waals surface area contributed by atoms with E-state index in [0.29, 0.717) is 34.4 Å². The van der Waals surface area contributed by atoms with Crippen molar-refractivity contribution < 1.29 is 14.3 Å². The first kappa shape index (κ1) is 20.2. The Morgan fingerprint density at radius 2 is 1.85 bits per heavy atom. The largest absolute Gasteiger partial charge is 0.462 e. The summed E-state index contributed by atoms with van der Waals surface area (Å²) in [6.07, 6.45) is 0. The van der Waals surface area contributed by atoms with Gasteiger partial charge in [0.2, 0.25) is 0 Å². The van der Waals surface area contributed by atoms with Crippen LogP contribution < -0.4 is 0 Å². The molecule has 1 aromatic carbocycles. The van der Waals surface area contributed by atoms with Gasteiger partial charge in [0.1, 0.15) is 5.69 Å². The van der Waals surface area contributed by atoms with Crippen molar-refractivity contribution >= 4 is 35.1 Å². The number of benzene rings is 1. The lowest BCUT2D eigenvalue weighted by Gasteiger charge is -2.21. The first-order valence-corrected chi connectivity index (χ1v) is 9.00. The molecule has 0 spiro atoms. The van der Waals surface area contributed by atoms with E-state index in [9.17, 15) is 9.59 Å². The van der Waals surface area contributed by atoms with Crippen molar-refractivity contribution in [2.24, 2.45) is 0 Å². The Morgan fingerprint density at radius 3 is 2.42 bits per heavy atom. The molecule has 26 heavy (non-hydrogen) atoms. The molecule has 0 aliphatic rings. The van der Waals surface area contributed by atoms with Crippen LogP contribution in [0.2, 0.25) is 10.0 Å². The van der Waals surface area contributed by atoms with Crippen LogP contribution in [0.5, 0.6) is 0 Å². The smallest absolute Gasteiger partial charge is 0.339 e. The van der Waals surface area contributed by atoms with Crippen molar-refractivity contribution in [1.29, 1.82) is 0 Å². The molecule has 0 saturated carbocycles. The van der Waals surface area contributed by atoms with Crippen molar-refractivity contribution in [1.82, 2.24) is 9.88 Å². The van der Waals surface area contributed by atoms with Crippen LogP contribution in [0.3, 0.4) is 0 Å². The normalized spacial score (nSPS) is 10.5. The lowest BCUT2D eigenvalue weighted by atomic mass is 10.1. The van der Waals surface area contributed by atoms with E-state index < -0.39 is 5.97 Å². The van der Waals surface area contributed by atoms with E-state index in [0.717, 1.165) is 5.56 Å². The highest BCUT2D eigenvalue weighted by molar-refractivity contribution is 6.42. The summed E-state index contributed by atoms with van der Waals surface area (Å²) in [7, 11) is 0. The molecule has 1 heterocycles. The molecule has 7 heteroatoms. The second-order valence-electron chi connectivity index (χ2n) is 5.62. The Balaban J connectivity index is 2.20. The van der Waals surface area contributed by atoms with Crippen LogP contribution in [0.25, 0.3) is 0 Å². The topological polar surface area (TPSA) is 59.5 Å². The summed E-state index contributed by atoms with van der Waals surface area (Å²) in [5.41, 5.74) is 1.96. The first-order valence-electron chi connectivity index (χ1n) is 8.25. The molecule has 0 bridgehead atoms. The predicted octanol–water partition coefficient (Wildman–Crippen LogP) is 4.54. The monoisotopic (exact) mass is 394 g/mol. The molecule has 0 radical (unpaired) electrons. The number of pyridine rings is 1. The molecule has 5 nitrogen and oxygen atoms in total. The molecule has 2 aromatic rings. The fourth-order valence-electron chi connectivity index (χ4n) is 2.45. The minimum Gasteiger partial charge on any atom is -0.462 e. The van der Waals surface area contributed by atoms with Gasteiger partial charge in [-0.1, -0.05) is 29.3 Å². The van der Waals surface area contributed by atoms with E-state index in [-0.39, 0.29) is 18.2 Å². The van der Waals surface area contributed by atoms with Crippen LogP contribution in [0.4, 0.5) is 0 Å². The lowest BCUT2D eigenvalue weighted by molar-refractivity contribution is 0.0524.